The second-order valence-corrected chi connectivity index (χ2v) is 7.58. The second-order valence-electron chi connectivity index (χ2n) is 5.21. The van der Waals surface area contributed by atoms with Gasteiger partial charge in [-0.05, 0) is 17.9 Å². The van der Waals surface area contributed by atoms with Crippen LogP contribution in [0.25, 0.3) is 11.4 Å². The molecule has 0 aliphatic carbocycles. The molecule has 0 fully saturated rings. The van der Waals surface area contributed by atoms with Crippen molar-refractivity contribution in [1.29, 1.82) is 0 Å². The van der Waals surface area contributed by atoms with Gasteiger partial charge in [0.1, 0.15) is 4.34 Å². The highest BCUT2D eigenvalue weighted by atomic mass is 32.2. The molecular formula is C16H17N5O2S2. The normalized spacial score (nSPS) is 10.8. The Labute approximate surface area is 153 Å². The van der Waals surface area contributed by atoms with Crippen molar-refractivity contribution in [3.63, 3.8) is 0 Å². The lowest BCUT2D eigenvalue weighted by Gasteiger charge is -2.13. The lowest BCUT2D eigenvalue weighted by molar-refractivity contribution is -0.130. The van der Waals surface area contributed by atoms with E-state index in [4.69, 9.17) is 4.52 Å². The maximum absolute atomic E-state index is 12.3. The minimum Gasteiger partial charge on any atom is -0.337 e. The van der Waals surface area contributed by atoms with Crippen LogP contribution in [0.4, 0.5) is 0 Å². The number of carbonyl (C=O) groups is 1. The summed E-state index contributed by atoms with van der Waals surface area (Å²) < 4.78 is 6.23. The van der Waals surface area contributed by atoms with Crippen LogP contribution in [-0.4, -0.2) is 43.7 Å². The quantitative estimate of drug-likeness (QED) is 0.587. The Morgan fingerprint density at radius 1 is 1.32 bits per heavy atom. The van der Waals surface area contributed by atoms with E-state index in [1.165, 1.54) is 0 Å². The number of hydrogen-bond donors (Lipinski definition) is 0. The Bertz CT molecular complexity index is 834. The van der Waals surface area contributed by atoms with E-state index in [2.05, 4.69) is 27.0 Å². The first kappa shape index (κ1) is 17.6. The van der Waals surface area contributed by atoms with Gasteiger partial charge in [-0.25, -0.2) is 4.98 Å². The summed E-state index contributed by atoms with van der Waals surface area (Å²) in [7, 11) is 1.71. The van der Waals surface area contributed by atoms with Crippen LogP contribution in [-0.2, 0) is 17.8 Å². The zero-order valence-corrected chi connectivity index (χ0v) is 15.5. The molecule has 0 aliphatic heterocycles. The molecule has 9 heteroatoms. The molecule has 130 valence electrons. The molecule has 0 bridgehead atoms. The number of rotatable bonds is 7. The van der Waals surface area contributed by atoms with E-state index in [0.29, 0.717) is 11.7 Å². The van der Waals surface area contributed by atoms with Crippen LogP contribution in [0.1, 0.15) is 18.5 Å². The molecule has 3 aromatic heterocycles. The summed E-state index contributed by atoms with van der Waals surface area (Å²) in [6.07, 6.45) is 3.60. The topological polar surface area (TPSA) is 85.0 Å². The van der Waals surface area contributed by atoms with Crippen molar-refractivity contribution in [2.75, 3.05) is 12.8 Å². The third-order valence-corrected chi connectivity index (χ3v) is 5.29. The molecule has 0 saturated heterocycles. The molecule has 0 saturated carbocycles. The smallest absolute Gasteiger partial charge is 0.246 e. The van der Waals surface area contributed by atoms with Gasteiger partial charge < -0.3 is 9.42 Å². The van der Waals surface area contributed by atoms with E-state index >= 15 is 0 Å². The molecule has 0 atom stereocenters. The van der Waals surface area contributed by atoms with E-state index in [1.807, 2.05) is 5.38 Å². The van der Waals surface area contributed by atoms with Crippen LogP contribution in [0.2, 0.25) is 0 Å². The Hall–Kier alpha value is -2.26. The molecule has 25 heavy (non-hydrogen) atoms. The molecule has 0 aliphatic rings. The lowest BCUT2D eigenvalue weighted by atomic mass is 10.2. The predicted octanol–water partition coefficient (Wildman–Crippen LogP) is 2.90. The third kappa shape index (κ3) is 4.64. The van der Waals surface area contributed by atoms with Crippen LogP contribution < -0.4 is 0 Å². The van der Waals surface area contributed by atoms with Gasteiger partial charge in [0.15, 0.2) is 0 Å². The van der Waals surface area contributed by atoms with Crippen LogP contribution >= 0.6 is 23.1 Å². The number of hydrogen-bond acceptors (Lipinski definition) is 8. The van der Waals surface area contributed by atoms with Gasteiger partial charge in [-0.15, -0.1) is 11.3 Å². The number of thioether (sulfide) groups is 1. The molecule has 0 N–H and O–H groups in total. The van der Waals surface area contributed by atoms with Gasteiger partial charge in [0, 0.05) is 30.4 Å². The maximum atomic E-state index is 12.3. The first-order valence-electron chi connectivity index (χ1n) is 7.70. The first-order valence-corrected chi connectivity index (χ1v) is 9.56. The maximum Gasteiger partial charge on any atom is 0.246 e. The fraction of sp³-hybridized carbons (Fsp3) is 0.312. The molecule has 3 heterocycles. The average molecular weight is 375 g/mol. The van der Waals surface area contributed by atoms with Gasteiger partial charge in [0.05, 0.1) is 18.7 Å². The van der Waals surface area contributed by atoms with E-state index in [0.717, 1.165) is 21.3 Å². The highest BCUT2D eigenvalue weighted by molar-refractivity contribution is 8.00. The fourth-order valence-electron chi connectivity index (χ4n) is 2.08. The van der Waals surface area contributed by atoms with Crippen molar-refractivity contribution >= 4 is 29.0 Å². The number of carbonyl (C=O) groups excluding carboxylic acids is 1. The highest BCUT2D eigenvalue weighted by Gasteiger charge is 2.16. The van der Waals surface area contributed by atoms with Gasteiger partial charge in [-0.2, -0.15) is 4.98 Å². The van der Waals surface area contributed by atoms with Crippen LogP contribution in [0.5, 0.6) is 0 Å². The second kappa shape index (κ2) is 8.21. The zero-order valence-electron chi connectivity index (χ0n) is 13.9. The zero-order chi connectivity index (χ0) is 17.6. The van der Waals surface area contributed by atoms with E-state index < -0.39 is 0 Å². The standard InChI is InChI=1S/C16H17N5O2S2/c1-3-24-16-18-12(10-25-16)8-14(22)21(2)9-13-19-15(20-23-13)11-4-6-17-7-5-11/h4-7,10H,3,8-9H2,1-2H3. The van der Waals surface area contributed by atoms with Gasteiger partial charge >= 0.3 is 0 Å². The van der Waals surface area contributed by atoms with Crippen LogP contribution in [0.15, 0.2) is 38.8 Å². The number of amides is 1. The fourth-order valence-corrected chi connectivity index (χ4v) is 3.82. The average Bonchev–Trinajstić information content (AvgIpc) is 3.26. The van der Waals surface area contributed by atoms with Crippen molar-refractivity contribution in [2.45, 2.75) is 24.2 Å². The summed E-state index contributed by atoms with van der Waals surface area (Å²) in [5, 5.41) is 5.87. The monoisotopic (exact) mass is 375 g/mol. The molecule has 0 radical (unpaired) electrons. The minimum absolute atomic E-state index is 0.0398. The molecule has 0 unspecified atom stereocenters. The number of thiazole rings is 1. The van der Waals surface area contributed by atoms with Crippen molar-refractivity contribution in [1.82, 2.24) is 25.0 Å². The molecule has 1 amide bonds. The lowest BCUT2D eigenvalue weighted by Crippen LogP contribution is -2.28. The number of pyridine rings is 1. The Morgan fingerprint density at radius 2 is 2.12 bits per heavy atom. The molecule has 7 nitrogen and oxygen atoms in total. The SMILES string of the molecule is CCSc1nc(CC(=O)N(C)Cc2nc(-c3ccncc3)no2)cs1. The molecule has 0 spiro atoms. The highest BCUT2D eigenvalue weighted by Crippen LogP contribution is 2.22. The van der Waals surface area contributed by atoms with E-state index in [-0.39, 0.29) is 18.9 Å². The third-order valence-electron chi connectivity index (χ3n) is 3.34. The largest absolute Gasteiger partial charge is 0.337 e. The first-order chi connectivity index (χ1) is 12.2. The predicted molar refractivity (Wildman–Crippen MR) is 96.2 cm³/mol. The summed E-state index contributed by atoms with van der Waals surface area (Å²) in [5.74, 6) is 1.81. The van der Waals surface area contributed by atoms with Gasteiger partial charge in [-0.1, -0.05) is 23.8 Å². The summed E-state index contributed by atoms with van der Waals surface area (Å²) in [6.45, 7) is 2.34. The Balaban J connectivity index is 1.58. The van der Waals surface area contributed by atoms with Crippen molar-refractivity contribution < 1.29 is 9.32 Å². The number of aromatic nitrogens is 4. The van der Waals surface area contributed by atoms with Gasteiger partial charge in [-0.3, -0.25) is 9.78 Å². The van der Waals surface area contributed by atoms with Crippen molar-refractivity contribution in [3.8, 4) is 11.4 Å². The van der Waals surface area contributed by atoms with Crippen molar-refractivity contribution in [3.05, 3.63) is 41.5 Å². The van der Waals surface area contributed by atoms with Crippen LogP contribution in [0.3, 0.4) is 0 Å². The minimum atomic E-state index is -0.0398. The summed E-state index contributed by atoms with van der Waals surface area (Å²) >= 11 is 3.25. The van der Waals surface area contributed by atoms with Crippen LogP contribution in [0, 0.1) is 0 Å². The Kier molecular flexibility index (Phi) is 5.77. The number of likely N-dealkylation sites (N-methyl/N-ethyl adjacent to an activating group) is 1. The van der Waals surface area contributed by atoms with E-state index in [1.54, 1.807) is 59.6 Å². The molecular weight excluding hydrogens is 358 g/mol. The summed E-state index contributed by atoms with van der Waals surface area (Å²) in [4.78, 5) is 26.6. The molecule has 3 rings (SSSR count). The van der Waals surface area contributed by atoms with Gasteiger partial charge in [0.2, 0.25) is 17.6 Å². The molecule has 0 aromatic carbocycles. The summed E-state index contributed by atoms with van der Waals surface area (Å²) in [6, 6.07) is 3.61. The molecule has 3 aromatic rings. The van der Waals surface area contributed by atoms with Gasteiger partial charge in [0.25, 0.3) is 0 Å². The van der Waals surface area contributed by atoms with Crippen molar-refractivity contribution in [2.24, 2.45) is 0 Å². The number of nitrogens with zero attached hydrogens (tertiary/aromatic N) is 5. The van der Waals surface area contributed by atoms with E-state index in [9.17, 15) is 4.79 Å². The summed E-state index contributed by atoms with van der Waals surface area (Å²) in [5.41, 5.74) is 1.61. The Morgan fingerprint density at radius 3 is 2.88 bits per heavy atom.